The molecule has 0 fully saturated rings. The van der Waals surface area contributed by atoms with Crippen LogP contribution in [0.2, 0.25) is 5.02 Å². The molecule has 1 amide bonds. The molecule has 32 heavy (non-hydrogen) atoms. The van der Waals surface area contributed by atoms with Crippen LogP contribution in [0, 0.1) is 6.92 Å². The van der Waals surface area contributed by atoms with E-state index >= 15 is 0 Å². The summed E-state index contributed by atoms with van der Waals surface area (Å²) in [5.41, 5.74) is 1.21. The summed E-state index contributed by atoms with van der Waals surface area (Å²) in [6.07, 6.45) is 1.45. The van der Waals surface area contributed by atoms with Gasteiger partial charge in [0.1, 0.15) is 10.6 Å². The lowest BCUT2D eigenvalue weighted by Crippen LogP contribution is -2.36. The molecular formula is C23H25ClN2O5S. The van der Waals surface area contributed by atoms with Crippen LogP contribution >= 0.6 is 11.6 Å². The van der Waals surface area contributed by atoms with E-state index in [2.05, 4.69) is 0 Å². The van der Waals surface area contributed by atoms with E-state index in [1.54, 1.807) is 60.4 Å². The molecule has 3 aromatic rings. The van der Waals surface area contributed by atoms with Crippen molar-refractivity contribution in [2.75, 3.05) is 27.2 Å². The number of carbonyl (C=O) groups excluding carboxylic acids is 1. The second-order valence-electron chi connectivity index (χ2n) is 7.58. The zero-order valence-electron chi connectivity index (χ0n) is 18.1. The van der Waals surface area contributed by atoms with Crippen LogP contribution in [0.25, 0.3) is 0 Å². The Morgan fingerprint density at radius 2 is 1.81 bits per heavy atom. The number of rotatable bonds is 9. The first-order valence-corrected chi connectivity index (χ1v) is 11.7. The predicted octanol–water partition coefficient (Wildman–Crippen LogP) is 4.21. The third kappa shape index (κ3) is 5.91. The smallest absolute Gasteiger partial charge is 0.340 e. The maximum Gasteiger partial charge on any atom is 0.340 e. The Kier molecular flexibility index (Phi) is 7.60. The van der Waals surface area contributed by atoms with E-state index in [9.17, 15) is 13.2 Å². The lowest BCUT2D eigenvalue weighted by molar-refractivity contribution is 0.0699. The molecule has 3 rings (SSSR count). The van der Waals surface area contributed by atoms with Gasteiger partial charge in [0, 0.05) is 19.6 Å². The number of nitrogens with zero attached hydrogens (tertiary/aromatic N) is 2. The van der Waals surface area contributed by atoms with E-state index in [1.165, 1.54) is 12.3 Å². The van der Waals surface area contributed by atoms with Gasteiger partial charge in [-0.2, -0.15) is 8.42 Å². The summed E-state index contributed by atoms with van der Waals surface area (Å²) in [5.74, 6) is 0.134. The second-order valence-corrected chi connectivity index (χ2v) is 9.47. The van der Waals surface area contributed by atoms with Gasteiger partial charge in [0.25, 0.3) is 5.91 Å². The first-order chi connectivity index (χ1) is 15.2. The van der Waals surface area contributed by atoms with Crippen LogP contribution in [0.4, 0.5) is 0 Å². The lowest BCUT2D eigenvalue weighted by Gasteiger charge is -2.24. The van der Waals surface area contributed by atoms with Crippen LogP contribution in [0.15, 0.2) is 70.2 Å². The molecule has 0 N–H and O–H groups in total. The van der Waals surface area contributed by atoms with Gasteiger partial charge in [-0.05, 0) is 62.5 Å². The summed E-state index contributed by atoms with van der Waals surface area (Å²) in [6, 6.07) is 14.7. The van der Waals surface area contributed by atoms with E-state index in [-0.39, 0.29) is 33.9 Å². The minimum atomic E-state index is -4.13. The number of furan rings is 1. The Labute approximate surface area is 193 Å². The highest BCUT2D eigenvalue weighted by Gasteiger charge is 2.23. The molecule has 0 atom stereocenters. The van der Waals surface area contributed by atoms with Crippen LogP contribution < -0.4 is 4.18 Å². The molecule has 0 unspecified atom stereocenters. The third-order valence-corrected chi connectivity index (χ3v) is 6.61. The van der Waals surface area contributed by atoms with Gasteiger partial charge in [-0.15, -0.1) is 0 Å². The minimum absolute atomic E-state index is 0.0623. The molecule has 0 spiro atoms. The Balaban J connectivity index is 1.82. The summed E-state index contributed by atoms with van der Waals surface area (Å²) >= 11 is 6.11. The van der Waals surface area contributed by atoms with Gasteiger partial charge < -0.3 is 18.4 Å². The molecule has 0 saturated heterocycles. The van der Waals surface area contributed by atoms with Crippen molar-refractivity contribution in [2.45, 2.75) is 18.4 Å². The van der Waals surface area contributed by atoms with Crippen molar-refractivity contribution in [2.24, 2.45) is 0 Å². The van der Waals surface area contributed by atoms with E-state index in [0.29, 0.717) is 24.2 Å². The zero-order valence-corrected chi connectivity index (χ0v) is 19.7. The molecule has 0 saturated carbocycles. The van der Waals surface area contributed by atoms with E-state index in [0.717, 1.165) is 0 Å². The van der Waals surface area contributed by atoms with Crippen LogP contribution in [0.3, 0.4) is 0 Å². The average molecular weight is 477 g/mol. The average Bonchev–Trinajstić information content (AvgIpc) is 3.25. The van der Waals surface area contributed by atoms with E-state index in [4.69, 9.17) is 20.2 Å². The van der Waals surface area contributed by atoms with Crippen molar-refractivity contribution >= 4 is 27.6 Å². The molecule has 0 radical (unpaired) electrons. The van der Waals surface area contributed by atoms with Crippen molar-refractivity contribution in [1.29, 1.82) is 0 Å². The largest absolute Gasteiger partial charge is 0.459 e. The molecule has 0 aliphatic rings. The standard InChI is InChI=1S/C23H25ClN2O5S/c1-17-7-4-10-20(24)22(17)32(28,29)31-19-9-5-8-18(15-19)16-26(13-12-25(2)3)23(27)21-11-6-14-30-21/h4-11,14-15H,12-13,16H2,1-3H3. The van der Waals surface area contributed by atoms with Crippen molar-refractivity contribution in [3.8, 4) is 5.75 Å². The highest BCUT2D eigenvalue weighted by Crippen LogP contribution is 2.28. The maximum atomic E-state index is 12.9. The van der Waals surface area contributed by atoms with Gasteiger partial charge in [0.05, 0.1) is 11.3 Å². The van der Waals surface area contributed by atoms with Crippen molar-refractivity contribution in [1.82, 2.24) is 9.80 Å². The Morgan fingerprint density at radius 1 is 1.06 bits per heavy atom. The summed E-state index contributed by atoms with van der Waals surface area (Å²) < 4.78 is 36.3. The maximum absolute atomic E-state index is 12.9. The van der Waals surface area contributed by atoms with Crippen LogP contribution in [-0.2, 0) is 16.7 Å². The number of hydrogen-bond acceptors (Lipinski definition) is 6. The molecule has 1 heterocycles. The highest BCUT2D eigenvalue weighted by atomic mass is 35.5. The first kappa shape index (κ1) is 23.8. The van der Waals surface area contributed by atoms with Gasteiger partial charge in [0.2, 0.25) is 0 Å². The van der Waals surface area contributed by atoms with E-state index < -0.39 is 10.1 Å². The molecule has 170 valence electrons. The fourth-order valence-electron chi connectivity index (χ4n) is 3.15. The van der Waals surface area contributed by atoms with Crippen molar-refractivity contribution in [3.05, 3.63) is 82.8 Å². The van der Waals surface area contributed by atoms with Crippen LogP contribution in [0.1, 0.15) is 21.7 Å². The van der Waals surface area contributed by atoms with Gasteiger partial charge in [-0.1, -0.05) is 35.9 Å². The van der Waals surface area contributed by atoms with Crippen LogP contribution in [0.5, 0.6) is 5.75 Å². The fraction of sp³-hybridized carbons (Fsp3) is 0.261. The number of carbonyl (C=O) groups is 1. The number of benzene rings is 2. The van der Waals surface area contributed by atoms with Crippen molar-refractivity contribution < 1.29 is 21.8 Å². The lowest BCUT2D eigenvalue weighted by atomic mass is 10.2. The predicted molar refractivity (Wildman–Crippen MR) is 122 cm³/mol. The Morgan fingerprint density at radius 3 is 2.47 bits per heavy atom. The summed E-state index contributed by atoms with van der Waals surface area (Å²) in [5, 5.41) is 0.0973. The monoisotopic (exact) mass is 476 g/mol. The number of likely N-dealkylation sites (N-methyl/N-ethyl adjacent to an activating group) is 1. The molecule has 7 nitrogen and oxygen atoms in total. The van der Waals surface area contributed by atoms with Gasteiger partial charge in [-0.3, -0.25) is 4.79 Å². The highest BCUT2D eigenvalue weighted by molar-refractivity contribution is 7.87. The number of hydrogen-bond donors (Lipinski definition) is 0. The molecule has 9 heteroatoms. The topological polar surface area (TPSA) is 80.1 Å². The fourth-order valence-corrected chi connectivity index (χ4v) is 4.86. The Bertz CT molecular complexity index is 1160. The second kappa shape index (κ2) is 10.2. The molecular weight excluding hydrogens is 452 g/mol. The normalized spacial score (nSPS) is 11.5. The number of halogens is 1. The summed E-state index contributed by atoms with van der Waals surface area (Å²) in [6.45, 7) is 3.04. The summed E-state index contributed by atoms with van der Waals surface area (Å²) in [7, 11) is -0.283. The summed E-state index contributed by atoms with van der Waals surface area (Å²) in [4.78, 5) is 16.4. The van der Waals surface area contributed by atoms with Gasteiger partial charge in [-0.25, -0.2) is 0 Å². The van der Waals surface area contributed by atoms with Crippen LogP contribution in [-0.4, -0.2) is 51.3 Å². The van der Waals surface area contributed by atoms with Crippen molar-refractivity contribution in [3.63, 3.8) is 0 Å². The first-order valence-electron chi connectivity index (χ1n) is 9.93. The number of aryl methyl sites for hydroxylation is 1. The molecule has 2 aromatic carbocycles. The molecule has 1 aromatic heterocycles. The third-order valence-electron chi connectivity index (χ3n) is 4.73. The zero-order chi connectivity index (χ0) is 23.3. The molecule has 0 aliphatic heterocycles. The van der Waals surface area contributed by atoms with Gasteiger partial charge in [0.15, 0.2) is 5.76 Å². The quantitative estimate of drug-likeness (QED) is 0.430. The molecule has 0 aliphatic carbocycles. The minimum Gasteiger partial charge on any atom is -0.459 e. The van der Waals surface area contributed by atoms with Gasteiger partial charge >= 0.3 is 10.1 Å². The number of amides is 1. The SMILES string of the molecule is Cc1cccc(Cl)c1S(=O)(=O)Oc1cccc(CN(CCN(C)C)C(=O)c2ccco2)c1. The van der Waals surface area contributed by atoms with E-state index in [1.807, 2.05) is 19.0 Å². The Hall–Kier alpha value is -2.81. The molecule has 0 bridgehead atoms.